The Morgan fingerprint density at radius 2 is 1.71 bits per heavy atom. The lowest BCUT2D eigenvalue weighted by atomic mass is 10.2. The molecule has 4 nitrogen and oxygen atoms in total. The largest absolute Gasteiger partial charge is 0.380 e. The Hall–Kier alpha value is -0.160. The second-order valence-corrected chi connectivity index (χ2v) is 3.36. The van der Waals surface area contributed by atoms with Gasteiger partial charge in [0, 0.05) is 26.9 Å². The van der Waals surface area contributed by atoms with Gasteiger partial charge in [-0.25, -0.2) is 0 Å². The van der Waals surface area contributed by atoms with E-state index in [1.165, 1.54) is 0 Å². The first-order valence-corrected chi connectivity index (χ1v) is 5.05. The lowest BCUT2D eigenvalue weighted by molar-refractivity contribution is -0.121. The van der Waals surface area contributed by atoms with Crippen molar-refractivity contribution in [1.82, 2.24) is 5.32 Å². The second kappa shape index (κ2) is 8.17. The quantitative estimate of drug-likeness (QED) is 0.600. The van der Waals surface area contributed by atoms with Gasteiger partial charge in [-0.2, -0.15) is 0 Å². The van der Waals surface area contributed by atoms with Crippen LogP contribution in [0.5, 0.6) is 0 Å². The summed E-state index contributed by atoms with van der Waals surface area (Å²) in [7, 11) is 3.28. The summed E-state index contributed by atoms with van der Waals surface area (Å²) in [6, 6.07) is 0.457. The van der Waals surface area contributed by atoms with Gasteiger partial charge in [-0.05, 0) is 20.8 Å². The van der Waals surface area contributed by atoms with Crippen molar-refractivity contribution in [3.8, 4) is 0 Å². The van der Waals surface area contributed by atoms with Gasteiger partial charge in [0.1, 0.15) is 0 Å². The first-order chi connectivity index (χ1) is 6.65. The molecular weight excluding hydrogens is 182 g/mol. The van der Waals surface area contributed by atoms with Crippen molar-refractivity contribution >= 4 is 0 Å². The molecule has 2 atom stereocenters. The van der Waals surface area contributed by atoms with Gasteiger partial charge in [-0.15, -0.1) is 0 Å². The first-order valence-electron chi connectivity index (χ1n) is 5.05. The molecule has 0 rings (SSSR count). The van der Waals surface area contributed by atoms with Crippen LogP contribution in [0.15, 0.2) is 0 Å². The van der Waals surface area contributed by atoms with Crippen LogP contribution in [0.25, 0.3) is 0 Å². The van der Waals surface area contributed by atoms with E-state index in [0.29, 0.717) is 12.6 Å². The maximum atomic E-state index is 5.30. The lowest BCUT2D eigenvalue weighted by Crippen LogP contribution is -2.45. The van der Waals surface area contributed by atoms with Crippen LogP contribution in [0.3, 0.4) is 0 Å². The molecule has 0 saturated carbocycles. The monoisotopic (exact) mass is 205 g/mol. The van der Waals surface area contributed by atoms with Crippen LogP contribution in [0.2, 0.25) is 0 Å². The molecule has 0 aliphatic rings. The predicted molar refractivity (Wildman–Crippen MR) is 56.4 cm³/mol. The smallest absolute Gasteiger partial charge is 0.171 e. The van der Waals surface area contributed by atoms with E-state index in [9.17, 15) is 0 Å². The highest BCUT2D eigenvalue weighted by Gasteiger charge is 2.17. The number of nitrogens with one attached hydrogen (secondary N) is 1. The van der Waals surface area contributed by atoms with Crippen molar-refractivity contribution in [3.05, 3.63) is 0 Å². The van der Waals surface area contributed by atoms with Crippen molar-refractivity contribution < 1.29 is 14.2 Å². The van der Waals surface area contributed by atoms with E-state index in [2.05, 4.69) is 12.2 Å². The van der Waals surface area contributed by atoms with E-state index in [1.807, 2.05) is 13.8 Å². The minimum Gasteiger partial charge on any atom is -0.380 e. The minimum absolute atomic E-state index is 0.153. The molecule has 0 aliphatic heterocycles. The zero-order valence-corrected chi connectivity index (χ0v) is 9.87. The Morgan fingerprint density at radius 3 is 2.14 bits per heavy atom. The summed E-state index contributed by atoms with van der Waals surface area (Å²) in [5, 5.41) is 3.34. The van der Waals surface area contributed by atoms with E-state index in [-0.39, 0.29) is 12.3 Å². The summed E-state index contributed by atoms with van der Waals surface area (Å²) in [5.41, 5.74) is 0. The average molecular weight is 205 g/mol. The van der Waals surface area contributed by atoms with Gasteiger partial charge < -0.3 is 19.5 Å². The summed E-state index contributed by atoms with van der Waals surface area (Å²) in [6.45, 7) is 7.55. The molecule has 0 aromatic heterocycles. The number of methoxy groups -OCH3 is 2. The molecule has 0 fully saturated rings. The molecule has 0 radical (unpaired) electrons. The number of rotatable bonds is 8. The molecule has 14 heavy (non-hydrogen) atoms. The molecule has 0 amide bonds. The van der Waals surface area contributed by atoms with Crippen LogP contribution in [-0.2, 0) is 14.2 Å². The molecule has 2 unspecified atom stereocenters. The maximum Gasteiger partial charge on any atom is 0.171 e. The van der Waals surface area contributed by atoms with Crippen molar-refractivity contribution in [3.63, 3.8) is 0 Å². The van der Waals surface area contributed by atoms with Gasteiger partial charge in [0.25, 0.3) is 0 Å². The van der Waals surface area contributed by atoms with E-state index in [1.54, 1.807) is 14.2 Å². The molecule has 0 spiro atoms. The van der Waals surface area contributed by atoms with Crippen LogP contribution in [0.1, 0.15) is 20.8 Å². The molecule has 0 saturated heterocycles. The van der Waals surface area contributed by atoms with Crippen LogP contribution in [-0.4, -0.2) is 45.8 Å². The van der Waals surface area contributed by atoms with Crippen LogP contribution in [0, 0.1) is 0 Å². The molecule has 86 valence electrons. The predicted octanol–water partition coefficient (Wildman–Crippen LogP) is 1.01. The van der Waals surface area contributed by atoms with E-state index in [4.69, 9.17) is 14.2 Å². The maximum absolute atomic E-state index is 5.30. The van der Waals surface area contributed by atoms with Crippen LogP contribution < -0.4 is 5.32 Å². The summed E-state index contributed by atoms with van der Waals surface area (Å²) in [6.07, 6.45) is -0.209. The van der Waals surface area contributed by atoms with Crippen LogP contribution >= 0.6 is 0 Å². The van der Waals surface area contributed by atoms with Gasteiger partial charge in [0.15, 0.2) is 6.29 Å². The first kappa shape index (κ1) is 13.8. The van der Waals surface area contributed by atoms with Gasteiger partial charge in [-0.3, -0.25) is 0 Å². The Kier molecular flexibility index (Phi) is 8.08. The SMILES string of the molecule is CCOCC(C)NC(C)C(OC)OC. The van der Waals surface area contributed by atoms with Gasteiger partial charge >= 0.3 is 0 Å². The minimum atomic E-state index is -0.209. The number of ether oxygens (including phenoxy) is 3. The van der Waals surface area contributed by atoms with E-state index < -0.39 is 0 Å². The highest BCUT2D eigenvalue weighted by molar-refractivity contribution is 4.69. The fraction of sp³-hybridized carbons (Fsp3) is 1.00. The number of hydrogen-bond acceptors (Lipinski definition) is 4. The summed E-state index contributed by atoms with van der Waals surface area (Å²) < 4.78 is 15.6. The van der Waals surface area contributed by atoms with E-state index in [0.717, 1.165) is 6.61 Å². The fourth-order valence-corrected chi connectivity index (χ4v) is 1.37. The Morgan fingerprint density at radius 1 is 1.14 bits per heavy atom. The van der Waals surface area contributed by atoms with Crippen molar-refractivity contribution in [2.24, 2.45) is 0 Å². The average Bonchev–Trinajstić information content (AvgIpc) is 2.16. The Balaban J connectivity index is 3.73. The zero-order chi connectivity index (χ0) is 11.0. The molecule has 0 aliphatic carbocycles. The van der Waals surface area contributed by atoms with Gasteiger partial charge in [0.2, 0.25) is 0 Å². The summed E-state index contributed by atoms with van der Waals surface area (Å²) in [5.74, 6) is 0. The highest BCUT2D eigenvalue weighted by atomic mass is 16.7. The molecule has 4 heteroatoms. The molecular formula is C10H23NO3. The zero-order valence-electron chi connectivity index (χ0n) is 9.87. The lowest BCUT2D eigenvalue weighted by Gasteiger charge is -2.25. The third-order valence-electron chi connectivity index (χ3n) is 1.99. The molecule has 0 heterocycles. The standard InChI is InChI=1S/C10H23NO3/c1-6-14-7-8(2)11-9(3)10(12-4)13-5/h8-11H,6-7H2,1-5H3. The number of hydrogen-bond donors (Lipinski definition) is 1. The highest BCUT2D eigenvalue weighted by Crippen LogP contribution is 2.00. The van der Waals surface area contributed by atoms with Crippen molar-refractivity contribution in [2.75, 3.05) is 27.4 Å². The Labute approximate surface area is 86.9 Å². The third kappa shape index (κ3) is 5.54. The van der Waals surface area contributed by atoms with E-state index >= 15 is 0 Å². The summed E-state index contributed by atoms with van der Waals surface area (Å²) >= 11 is 0. The second-order valence-electron chi connectivity index (χ2n) is 3.36. The third-order valence-corrected chi connectivity index (χ3v) is 1.99. The van der Waals surface area contributed by atoms with Crippen LogP contribution in [0.4, 0.5) is 0 Å². The molecule has 0 bridgehead atoms. The molecule has 0 aromatic carbocycles. The molecule has 0 aromatic rings. The van der Waals surface area contributed by atoms with Gasteiger partial charge in [-0.1, -0.05) is 0 Å². The topological polar surface area (TPSA) is 39.7 Å². The Bertz CT molecular complexity index is 129. The summed E-state index contributed by atoms with van der Waals surface area (Å²) in [4.78, 5) is 0. The van der Waals surface area contributed by atoms with Crippen molar-refractivity contribution in [2.45, 2.75) is 39.1 Å². The van der Waals surface area contributed by atoms with Crippen molar-refractivity contribution in [1.29, 1.82) is 0 Å². The molecule has 1 N–H and O–H groups in total. The van der Waals surface area contributed by atoms with Gasteiger partial charge in [0.05, 0.1) is 12.6 Å². The normalized spacial score (nSPS) is 15.9. The fourth-order valence-electron chi connectivity index (χ4n) is 1.37.